The number of nitro groups is 1. The fraction of sp³-hybridized carbons (Fsp3) is 0.556. The van der Waals surface area contributed by atoms with Crippen LogP contribution in [-0.2, 0) is 11.3 Å². The van der Waals surface area contributed by atoms with Crippen molar-refractivity contribution in [3.05, 3.63) is 22.5 Å². The number of hydrogen-bond donors (Lipinski definition) is 1. The molecule has 0 aromatic carbocycles. The van der Waals surface area contributed by atoms with Crippen LogP contribution in [0.5, 0.6) is 0 Å². The van der Waals surface area contributed by atoms with Gasteiger partial charge in [-0.25, -0.2) is 0 Å². The first-order valence-corrected chi connectivity index (χ1v) is 5.08. The van der Waals surface area contributed by atoms with E-state index in [0.29, 0.717) is 6.54 Å². The van der Waals surface area contributed by atoms with Gasteiger partial charge in [-0.2, -0.15) is 5.10 Å². The summed E-state index contributed by atoms with van der Waals surface area (Å²) in [6, 6.07) is -0.0759. The molecule has 0 aliphatic rings. The minimum absolute atomic E-state index is 0. The SMILES string of the molecule is CC(CN)N(C)C(=O)Cn1cc([N+](=O)[O-])cn1.Cl. The fourth-order valence-corrected chi connectivity index (χ4v) is 1.19. The summed E-state index contributed by atoms with van der Waals surface area (Å²) >= 11 is 0. The number of likely N-dealkylation sites (N-methyl/N-ethyl adjacent to an activating group) is 1. The molecule has 0 bridgehead atoms. The first kappa shape index (κ1) is 16.3. The van der Waals surface area contributed by atoms with E-state index in [1.807, 2.05) is 6.92 Å². The lowest BCUT2D eigenvalue weighted by Crippen LogP contribution is -2.41. The van der Waals surface area contributed by atoms with E-state index in [2.05, 4.69) is 5.10 Å². The molecule has 0 radical (unpaired) electrons. The summed E-state index contributed by atoms with van der Waals surface area (Å²) in [6.45, 7) is 2.15. The largest absolute Gasteiger partial charge is 0.340 e. The number of carbonyl (C=O) groups is 1. The van der Waals surface area contributed by atoms with Gasteiger partial charge >= 0.3 is 5.69 Å². The van der Waals surface area contributed by atoms with Gasteiger partial charge < -0.3 is 10.6 Å². The van der Waals surface area contributed by atoms with Gasteiger partial charge in [-0.15, -0.1) is 12.4 Å². The van der Waals surface area contributed by atoms with Crippen LogP contribution in [0.1, 0.15) is 6.92 Å². The van der Waals surface area contributed by atoms with Crippen LogP contribution < -0.4 is 5.73 Å². The van der Waals surface area contributed by atoms with Gasteiger partial charge in [-0.1, -0.05) is 0 Å². The van der Waals surface area contributed by atoms with Crippen LogP contribution in [0.15, 0.2) is 12.4 Å². The van der Waals surface area contributed by atoms with E-state index < -0.39 is 4.92 Å². The van der Waals surface area contributed by atoms with Crippen LogP contribution >= 0.6 is 12.4 Å². The maximum Gasteiger partial charge on any atom is 0.307 e. The van der Waals surface area contributed by atoms with E-state index in [1.54, 1.807) is 7.05 Å². The maximum atomic E-state index is 11.7. The van der Waals surface area contributed by atoms with Gasteiger partial charge in [0.1, 0.15) is 18.9 Å². The molecular formula is C9H16ClN5O3. The number of carbonyl (C=O) groups excluding carboxylic acids is 1. The van der Waals surface area contributed by atoms with E-state index in [9.17, 15) is 14.9 Å². The Hall–Kier alpha value is -1.67. The molecule has 0 aliphatic heterocycles. The molecule has 9 heteroatoms. The second-order valence-corrected chi connectivity index (χ2v) is 3.74. The summed E-state index contributed by atoms with van der Waals surface area (Å²) < 4.78 is 1.24. The monoisotopic (exact) mass is 277 g/mol. The molecule has 0 saturated heterocycles. The Morgan fingerprint density at radius 2 is 2.33 bits per heavy atom. The Balaban J connectivity index is 0.00000289. The van der Waals surface area contributed by atoms with Crippen molar-refractivity contribution in [3.63, 3.8) is 0 Å². The zero-order valence-electron chi connectivity index (χ0n) is 10.1. The highest BCUT2D eigenvalue weighted by Gasteiger charge is 2.16. The summed E-state index contributed by atoms with van der Waals surface area (Å²) in [5.74, 6) is -0.194. The minimum Gasteiger partial charge on any atom is -0.340 e. The Labute approximate surface area is 110 Å². The predicted molar refractivity (Wildman–Crippen MR) is 67.4 cm³/mol. The maximum absolute atomic E-state index is 11.7. The lowest BCUT2D eigenvalue weighted by molar-refractivity contribution is -0.385. The van der Waals surface area contributed by atoms with Gasteiger partial charge in [0.25, 0.3) is 0 Å². The van der Waals surface area contributed by atoms with E-state index in [1.165, 1.54) is 15.8 Å². The van der Waals surface area contributed by atoms with Crippen LogP contribution in [0, 0.1) is 10.1 Å². The average molecular weight is 278 g/mol. The van der Waals surface area contributed by atoms with Crippen molar-refractivity contribution in [2.75, 3.05) is 13.6 Å². The Bertz CT molecular complexity index is 422. The molecule has 8 nitrogen and oxygen atoms in total. The molecule has 0 spiro atoms. The van der Waals surface area contributed by atoms with Gasteiger partial charge in [0.15, 0.2) is 0 Å². The van der Waals surface area contributed by atoms with E-state index >= 15 is 0 Å². The summed E-state index contributed by atoms with van der Waals surface area (Å²) in [7, 11) is 1.64. The third-order valence-corrected chi connectivity index (χ3v) is 2.52. The molecule has 1 aromatic rings. The molecule has 18 heavy (non-hydrogen) atoms. The number of hydrogen-bond acceptors (Lipinski definition) is 5. The second-order valence-electron chi connectivity index (χ2n) is 3.74. The Morgan fingerprint density at radius 1 is 1.72 bits per heavy atom. The standard InChI is InChI=1S/C9H15N5O3.ClH/c1-7(3-10)12(2)9(15)6-13-5-8(4-11-13)14(16)17;/h4-5,7H,3,6,10H2,1-2H3;1H. The average Bonchev–Trinajstić information content (AvgIpc) is 2.75. The molecule has 0 fully saturated rings. The third-order valence-electron chi connectivity index (χ3n) is 2.52. The zero-order valence-corrected chi connectivity index (χ0v) is 11.0. The van der Waals surface area contributed by atoms with E-state index in [0.717, 1.165) is 6.20 Å². The number of nitrogens with zero attached hydrogens (tertiary/aromatic N) is 4. The predicted octanol–water partition coefficient (Wildman–Crippen LogP) is 0.0187. The van der Waals surface area contributed by atoms with Gasteiger partial charge in [0, 0.05) is 19.6 Å². The lowest BCUT2D eigenvalue weighted by atomic mass is 10.3. The van der Waals surface area contributed by atoms with Crippen LogP contribution in [0.25, 0.3) is 0 Å². The number of halogens is 1. The first-order valence-electron chi connectivity index (χ1n) is 5.08. The highest BCUT2D eigenvalue weighted by molar-refractivity contribution is 5.85. The lowest BCUT2D eigenvalue weighted by Gasteiger charge is -2.23. The summed E-state index contributed by atoms with van der Waals surface area (Å²) in [5.41, 5.74) is 5.31. The summed E-state index contributed by atoms with van der Waals surface area (Å²) in [6.07, 6.45) is 2.33. The normalized spacial score (nSPS) is 11.5. The van der Waals surface area contributed by atoms with Crippen molar-refractivity contribution < 1.29 is 9.72 Å². The molecule has 1 heterocycles. The molecule has 0 aliphatic carbocycles. The Kier molecular flexibility index (Phi) is 6.28. The van der Waals surface area contributed by atoms with Gasteiger partial charge in [-0.3, -0.25) is 19.6 Å². The van der Waals surface area contributed by atoms with Crippen LogP contribution in [0.2, 0.25) is 0 Å². The highest BCUT2D eigenvalue weighted by Crippen LogP contribution is 2.08. The van der Waals surface area contributed by atoms with Gasteiger partial charge in [-0.05, 0) is 6.92 Å². The Morgan fingerprint density at radius 3 is 2.78 bits per heavy atom. The summed E-state index contributed by atoms with van der Waals surface area (Å²) in [5, 5.41) is 14.2. The third kappa shape index (κ3) is 3.97. The number of nitrogens with two attached hydrogens (primary N) is 1. The van der Waals surface area contributed by atoms with Crippen molar-refractivity contribution in [3.8, 4) is 0 Å². The molecule has 0 saturated carbocycles. The van der Waals surface area contributed by atoms with Crippen LogP contribution in [-0.4, -0.2) is 45.1 Å². The van der Waals surface area contributed by atoms with Gasteiger partial charge in [0.05, 0.1) is 4.92 Å². The molecule has 1 atom stereocenters. The van der Waals surface area contributed by atoms with E-state index in [-0.39, 0.29) is 36.6 Å². The van der Waals surface area contributed by atoms with Crippen molar-refractivity contribution in [1.82, 2.24) is 14.7 Å². The van der Waals surface area contributed by atoms with Gasteiger partial charge in [0.2, 0.25) is 5.91 Å². The molecule has 2 N–H and O–H groups in total. The van der Waals surface area contributed by atoms with Crippen molar-refractivity contribution >= 4 is 24.0 Å². The quantitative estimate of drug-likeness (QED) is 0.603. The van der Waals surface area contributed by atoms with Crippen LogP contribution in [0.3, 0.4) is 0 Å². The number of rotatable bonds is 5. The number of aromatic nitrogens is 2. The van der Waals surface area contributed by atoms with Crippen molar-refractivity contribution in [2.24, 2.45) is 5.73 Å². The van der Waals surface area contributed by atoms with Crippen molar-refractivity contribution in [1.29, 1.82) is 0 Å². The topological polar surface area (TPSA) is 107 Å². The molecule has 102 valence electrons. The highest BCUT2D eigenvalue weighted by atomic mass is 35.5. The fourth-order valence-electron chi connectivity index (χ4n) is 1.19. The summed E-state index contributed by atoms with van der Waals surface area (Å²) in [4.78, 5) is 23.1. The zero-order chi connectivity index (χ0) is 13.0. The molecular weight excluding hydrogens is 262 g/mol. The molecule has 1 unspecified atom stereocenters. The first-order chi connectivity index (χ1) is 7.95. The smallest absolute Gasteiger partial charge is 0.307 e. The molecule has 1 rings (SSSR count). The second kappa shape index (κ2) is 6.92. The van der Waals surface area contributed by atoms with Crippen molar-refractivity contribution in [2.45, 2.75) is 19.5 Å². The molecule has 1 aromatic heterocycles. The number of amides is 1. The molecule has 1 amide bonds. The van der Waals surface area contributed by atoms with Crippen LogP contribution in [0.4, 0.5) is 5.69 Å². The minimum atomic E-state index is -0.555. The van der Waals surface area contributed by atoms with E-state index in [4.69, 9.17) is 5.73 Å².